The zero-order valence-electron chi connectivity index (χ0n) is 14.0. The van der Waals surface area contributed by atoms with E-state index >= 15 is 0 Å². The van der Waals surface area contributed by atoms with Gasteiger partial charge in [0.05, 0.1) is 32.8 Å². The number of carbonyl (C=O) groups excluding carboxylic acids is 1. The van der Waals surface area contributed by atoms with Gasteiger partial charge in [-0.15, -0.1) is 0 Å². The van der Waals surface area contributed by atoms with Crippen molar-refractivity contribution in [2.75, 3.05) is 37.7 Å². The van der Waals surface area contributed by atoms with Crippen molar-refractivity contribution in [2.45, 2.75) is 31.4 Å². The monoisotopic (exact) mass is 355 g/mol. The van der Waals surface area contributed by atoms with Crippen LogP contribution in [0.25, 0.3) is 0 Å². The lowest BCUT2D eigenvalue weighted by atomic mass is 9.98. The molecule has 1 aromatic rings. The molecule has 0 bridgehead atoms. The summed E-state index contributed by atoms with van der Waals surface area (Å²) < 4.78 is 45.7. The molecule has 3 fully saturated rings. The standard InChI is InChI=1S/C17H20F3N3O2/c1-16(18)7-23(8-16)15(24)12-4-5-13(22-9-17(19,20)10-22)14(21-12)25-6-11-2-3-11/h4-5,11H,2-3,6-10H2,1H3. The fraction of sp³-hybridized carbons (Fsp3) is 0.647. The Hall–Kier alpha value is -1.99. The summed E-state index contributed by atoms with van der Waals surface area (Å²) >= 11 is 0. The first-order valence-electron chi connectivity index (χ1n) is 8.47. The van der Waals surface area contributed by atoms with E-state index in [0.29, 0.717) is 18.2 Å². The predicted octanol–water partition coefficient (Wildman–Crippen LogP) is 2.51. The Morgan fingerprint density at radius 2 is 1.92 bits per heavy atom. The SMILES string of the molecule is CC1(F)CN(C(=O)c2ccc(N3CC(F)(F)C3)c(OCC3CC3)n2)C1. The van der Waals surface area contributed by atoms with Gasteiger partial charge < -0.3 is 14.5 Å². The summed E-state index contributed by atoms with van der Waals surface area (Å²) in [5.41, 5.74) is -0.733. The second kappa shape index (κ2) is 5.51. The minimum absolute atomic E-state index is 0.0336. The van der Waals surface area contributed by atoms with E-state index in [-0.39, 0.29) is 43.7 Å². The molecule has 3 aliphatic rings. The number of rotatable bonds is 5. The van der Waals surface area contributed by atoms with Gasteiger partial charge in [-0.05, 0) is 37.8 Å². The Morgan fingerprint density at radius 3 is 2.48 bits per heavy atom. The van der Waals surface area contributed by atoms with Gasteiger partial charge >= 0.3 is 0 Å². The molecule has 8 heteroatoms. The highest BCUT2D eigenvalue weighted by Gasteiger charge is 2.46. The van der Waals surface area contributed by atoms with Crippen LogP contribution in [0.15, 0.2) is 12.1 Å². The Kier molecular flexibility index (Phi) is 3.63. The minimum Gasteiger partial charge on any atom is -0.476 e. The zero-order valence-corrected chi connectivity index (χ0v) is 14.0. The summed E-state index contributed by atoms with van der Waals surface area (Å²) in [5, 5.41) is 0. The number of hydrogen-bond donors (Lipinski definition) is 0. The first-order chi connectivity index (χ1) is 11.7. The molecule has 2 saturated heterocycles. The molecule has 5 nitrogen and oxygen atoms in total. The molecule has 0 N–H and O–H groups in total. The molecule has 0 spiro atoms. The van der Waals surface area contributed by atoms with Crippen molar-refractivity contribution in [3.63, 3.8) is 0 Å². The van der Waals surface area contributed by atoms with Crippen LogP contribution in [-0.2, 0) is 0 Å². The van der Waals surface area contributed by atoms with E-state index in [0.717, 1.165) is 12.8 Å². The van der Waals surface area contributed by atoms with Crippen molar-refractivity contribution in [3.05, 3.63) is 17.8 Å². The number of hydrogen-bond acceptors (Lipinski definition) is 4. The van der Waals surface area contributed by atoms with E-state index in [9.17, 15) is 18.0 Å². The van der Waals surface area contributed by atoms with Crippen LogP contribution >= 0.6 is 0 Å². The van der Waals surface area contributed by atoms with Crippen molar-refractivity contribution < 1.29 is 22.7 Å². The van der Waals surface area contributed by atoms with E-state index in [1.165, 1.54) is 22.8 Å². The number of alkyl halides is 3. The Bertz CT molecular complexity index is 690. The maximum Gasteiger partial charge on any atom is 0.282 e. The molecule has 136 valence electrons. The highest BCUT2D eigenvalue weighted by molar-refractivity contribution is 5.93. The molecule has 1 aromatic heterocycles. The number of amides is 1. The first kappa shape index (κ1) is 16.5. The molecular formula is C17H20F3N3O2. The van der Waals surface area contributed by atoms with Gasteiger partial charge in [-0.3, -0.25) is 4.79 Å². The molecule has 0 atom stereocenters. The van der Waals surface area contributed by atoms with Crippen molar-refractivity contribution >= 4 is 11.6 Å². The second-order valence-corrected chi connectivity index (χ2v) is 7.56. The van der Waals surface area contributed by atoms with Crippen LogP contribution < -0.4 is 9.64 Å². The number of likely N-dealkylation sites (tertiary alicyclic amines) is 1. The zero-order chi connectivity index (χ0) is 17.8. The van der Waals surface area contributed by atoms with Crippen molar-refractivity contribution in [2.24, 2.45) is 5.92 Å². The number of ether oxygens (including phenoxy) is 1. The molecule has 2 aliphatic heterocycles. The maximum absolute atomic E-state index is 13.6. The Balaban J connectivity index is 1.52. The van der Waals surface area contributed by atoms with E-state index in [4.69, 9.17) is 4.74 Å². The third kappa shape index (κ3) is 3.39. The lowest BCUT2D eigenvalue weighted by molar-refractivity contribution is -0.0265. The average molecular weight is 355 g/mol. The fourth-order valence-corrected chi connectivity index (χ4v) is 3.12. The van der Waals surface area contributed by atoms with Crippen LogP contribution in [0.3, 0.4) is 0 Å². The smallest absolute Gasteiger partial charge is 0.282 e. The Labute approximate surface area is 143 Å². The van der Waals surface area contributed by atoms with Crippen LogP contribution in [0.1, 0.15) is 30.3 Å². The van der Waals surface area contributed by atoms with Gasteiger partial charge in [0.2, 0.25) is 5.88 Å². The van der Waals surface area contributed by atoms with Crippen LogP contribution in [0.2, 0.25) is 0 Å². The molecule has 0 aromatic carbocycles. The predicted molar refractivity (Wildman–Crippen MR) is 85.0 cm³/mol. The first-order valence-corrected chi connectivity index (χ1v) is 8.47. The molecular weight excluding hydrogens is 335 g/mol. The lowest BCUT2D eigenvalue weighted by Crippen LogP contribution is -2.59. The summed E-state index contributed by atoms with van der Waals surface area (Å²) in [4.78, 5) is 19.5. The number of nitrogens with zero attached hydrogens (tertiary/aromatic N) is 3. The van der Waals surface area contributed by atoms with E-state index in [1.54, 1.807) is 6.07 Å². The molecule has 25 heavy (non-hydrogen) atoms. The normalized spacial score (nSPS) is 23.7. The highest BCUT2D eigenvalue weighted by atomic mass is 19.3. The quantitative estimate of drug-likeness (QED) is 0.814. The molecule has 1 amide bonds. The average Bonchev–Trinajstić information content (AvgIpc) is 3.31. The lowest BCUT2D eigenvalue weighted by Gasteiger charge is -2.42. The highest BCUT2D eigenvalue weighted by Crippen LogP contribution is 2.38. The van der Waals surface area contributed by atoms with Crippen LogP contribution in [0.4, 0.5) is 18.9 Å². The number of pyridine rings is 1. The summed E-state index contributed by atoms with van der Waals surface area (Å²) in [6.07, 6.45) is 2.16. The molecule has 3 heterocycles. The van der Waals surface area contributed by atoms with Gasteiger partial charge in [0.15, 0.2) is 0 Å². The molecule has 1 aliphatic carbocycles. The third-order valence-corrected chi connectivity index (χ3v) is 4.73. The topological polar surface area (TPSA) is 45.7 Å². The number of anilines is 1. The number of carbonyl (C=O) groups is 1. The van der Waals surface area contributed by atoms with E-state index in [2.05, 4.69) is 4.98 Å². The molecule has 0 unspecified atom stereocenters. The van der Waals surface area contributed by atoms with Gasteiger partial charge in [0, 0.05) is 0 Å². The summed E-state index contributed by atoms with van der Waals surface area (Å²) in [5.74, 6) is -2.40. The van der Waals surface area contributed by atoms with Crippen LogP contribution in [0.5, 0.6) is 5.88 Å². The third-order valence-electron chi connectivity index (χ3n) is 4.73. The molecule has 0 radical (unpaired) electrons. The maximum atomic E-state index is 13.6. The van der Waals surface area contributed by atoms with Crippen LogP contribution in [-0.4, -0.2) is 60.2 Å². The minimum atomic E-state index is -2.70. The molecule has 1 saturated carbocycles. The summed E-state index contributed by atoms with van der Waals surface area (Å²) in [6.45, 7) is 1.22. The molecule has 4 rings (SSSR count). The summed E-state index contributed by atoms with van der Waals surface area (Å²) in [7, 11) is 0. The van der Waals surface area contributed by atoms with Gasteiger partial charge in [0.25, 0.3) is 11.8 Å². The van der Waals surface area contributed by atoms with Crippen LogP contribution in [0, 0.1) is 5.92 Å². The van der Waals surface area contributed by atoms with E-state index < -0.39 is 11.6 Å². The summed E-state index contributed by atoms with van der Waals surface area (Å²) in [6, 6.07) is 3.08. The van der Waals surface area contributed by atoms with Gasteiger partial charge in [-0.2, -0.15) is 0 Å². The van der Waals surface area contributed by atoms with Gasteiger partial charge in [0.1, 0.15) is 17.1 Å². The Morgan fingerprint density at radius 1 is 1.24 bits per heavy atom. The number of aromatic nitrogens is 1. The second-order valence-electron chi connectivity index (χ2n) is 7.56. The van der Waals surface area contributed by atoms with Gasteiger partial charge in [-0.25, -0.2) is 18.2 Å². The van der Waals surface area contributed by atoms with Crippen molar-refractivity contribution in [3.8, 4) is 5.88 Å². The van der Waals surface area contributed by atoms with Crippen molar-refractivity contribution in [1.82, 2.24) is 9.88 Å². The van der Waals surface area contributed by atoms with E-state index in [1.807, 2.05) is 0 Å². The largest absolute Gasteiger partial charge is 0.476 e. The fourth-order valence-electron chi connectivity index (χ4n) is 3.12. The van der Waals surface area contributed by atoms with Gasteiger partial charge in [-0.1, -0.05) is 0 Å². The number of halogens is 3. The van der Waals surface area contributed by atoms with Crippen molar-refractivity contribution in [1.29, 1.82) is 0 Å².